The van der Waals surface area contributed by atoms with Crippen molar-refractivity contribution >= 4 is 23.5 Å². The second kappa shape index (κ2) is 7.35. The largest absolute Gasteiger partial charge is 0.481 e. The number of rotatable bonds is 6. The molecule has 1 aromatic rings. The first-order valence-electron chi connectivity index (χ1n) is 8.02. The summed E-state index contributed by atoms with van der Waals surface area (Å²) in [7, 11) is 0. The van der Waals surface area contributed by atoms with Crippen LogP contribution in [0, 0.1) is 5.92 Å². The molecule has 2 amide bonds. The van der Waals surface area contributed by atoms with Gasteiger partial charge in [-0.25, -0.2) is 0 Å². The van der Waals surface area contributed by atoms with Gasteiger partial charge in [-0.3, -0.25) is 14.4 Å². The predicted octanol–water partition coefficient (Wildman–Crippen LogP) is 2.99. The highest BCUT2D eigenvalue weighted by atomic mass is 19.4. The van der Waals surface area contributed by atoms with E-state index in [0.29, 0.717) is 18.9 Å². The fourth-order valence-electron chi connectivity index (χ4n) is 2.51. The van der Waals surface area contributed by atoms with Crippen LogP contribution in [0.2, 0.25) is 0 Å². The van der Waals surface area contributed by atoms with Gasteiger partial charge < -0.3 is 15.3 Å². The monoisotopic (exact) mass is 372 g/mol. The number of carboxylic acid groups (broad SMARTS) is 1. The van der Waals surface area contributed by atoms with Crippen molar-refractivity contribution in [1.29, 1.82) is 0 Å². The maximum Gasteiger partial charge on any atom is 0.416 e. The molecule has 6 nitrogen and oxygen atoms in total. The molecule has 2 N–H and O–H groups in total. The summed E-state index contributed by atoms with van der Waals surface area (Å²) < 4.78 is 39.4. The number of carboxylic acids is 1. The third kappa shape index (κ3) is 4.96. The normalized spacial score (nSPS) is 15.3. The average molecular weight is 372 g/mol. The quantitative estimate of drug-likeness (QED) is 0.804. The standard InChI is InChI=1S/C17H19F3N2O4/c1-9(16(25)26)8-22(14-3-4-14)15(24)11-5-12(17(18,19)20)7-13(6-11)21-10(2)23/h5-7,9,14H,3-4,8H2,1-2H3,(H,21,23)(H,25,26). The van der Waals surface area contributed by atoms with Gasteiger partial charge >= 0.3 is 12.1 Å². The number of alkyl halides is 3. The van der Waals surface area contributed by atoms with Gasteiger partial charge in [-0.2, -0.15) is 13.2 Å². The fourth-order valence-corrected chi connectivity index (χ4v) is 2.51. The van der Waals surface area contributed by atoms with Crippen LogP contribution in [0.25, 0.3) is 0 Å². The molecule has 26 heavy (non-hydrogen) atoms. The van der Waals surface area contributed by atoms with Crippen LogP contribution in [-0.2, 0) is 15.8 Å². The van der Waals surface area contributed by atoms with Crippen LogP contribution in [0.1, 0.15) is 42.6 Å². The number of nitrogens with one attached hydrogen (secondary N) is 1. The molecule has 142 valence electrons. The minimum atomic E-state index is -4.69. The lowest BCUT2D eigenvalue weighted by atomic mass is 10.1. The Bertz CT molecular complexity index is 729. The average Bonchev–Trinajstić information content (AvgIpc) is 3.34. The molecule has 0 heterocycles. The van der Waals surface area contributed by atoms with Crippen LogP contribution in [-0.4, -0.2) is 40.4 Å². The maximum absolute atomic E-state index is 13.1. The van der Waals surface area contributed by atoms with Crippen molar-refractivity contribution in [2.24, 2.45) is 5.92 Å². The van der Waals surface area contributed by atoms with Gasteiger partial charge in [0.2, 0.25) is 5.91 Å². The molecule has 0 saturated heterocycles. The van der Waals surface area contributed by atoms with E-state index in [-0.39, 0.29) is 23.8 Å². The highest BCUT2D eigenvalue weighted by molar-refractivity contribution is 5.97. The van der Waals surface area contributed by atoms with Crippen molar-refractivity contribution in [2.75, 3.05) is 11.9 Å². The third-order valence-electron chi connectivity index (χ3n) is 3.97. The number of benzene rings is 1. The summed E-state index contributed by atoms with van der Waals surface area (Å²) in [4.78, 5) is 36.3. The zero-order valence-corrected chi connectivity index (χ0v) is 14.3. The van der Waals surface area contributed by atoms with E-state index in [1.807, 2.05) is 0 Å². The summed E-state index contributed by atoms with van der Waals surface area (Å²) in [5.74, 6) is -3.19. The van der Waals surface area contributed by atoms with Gasteiger partial charge in [-0.05, 0) is 31.0 Å². The number of nitrogens with zero attached hydrogens (tertiary/aromatic N) is 1. The zero-order chi connectivity index (χ0) is 19.6. The first kappa shape index (κ1) is 19.7. The number of anilines is 1. The van der Waals surface area contributed by atoms with E-state index in [0.717, 1.165) is 13.0 Å². The summed E-state index contributed by atoms with van der Waals surface area (Å²) in [5.41, 5.74) is -1.44. The number of hydrogen-bond acceptors (Lipinski definition) is 3. The fraction of sp³-hybridized carbons (Fsp3) is 0.471. The Hall–Kier alpha value is -2.58. The molecular formula is C17H19F3N2O4. The SMILES string of the molecule is CC(=O)Nc1cc(C(=O)N(CC(C)C(=O)O)C2CC2)cc(C(F)(F)F)c1. The summed E-state index contributed by atoms with van der Waals surface area (Å²) >= 11 is 0. The van der Waals surface area contributed by atoms with Crippen LogP contribution in [0.3, 0.4) is 0 Å². The molecule has 1 saturated carbocycles. The van der Waals surface area contributed by atoms with E-state index in [2.05, 4.69) is 5.32 Å². The Morgan fingerprint density at radius 3 is 2.35 bits per heavy atom. The molecule has 0 bridgehead atoms. The molecule has 0 aliphatic heterocycles. The number of hydrogen-bond donors (Lipinski definition) is 2. The predicted molar refractivity (Wildman–Crippen MR) is 86.6 cm³/mol. The van der Waals surface area contributed by atoms with E-state index >= 15 is 0 Å². The second-order valence-corrected chi connectivity index (χ2v) is 6.41. The Labute approximate surface area is 148 Å². The summed E-state index contributed by atoms with van der Waals surface area (Å²) in [6.07, 6.45) is -3.34. The lowest BCUT2D eigenvalue weighted by Crippen LogP contribution is -2.38. The molecule has 0 radical (unpaired) electrons. The van der Waals surface area contributed by atoms with Gasteiger partial charge in [0.25, 0.3) is 5.91 Å². The Morgan fingerprint density at radius 1 is 1.27 bits per heavy atom. The first-order chi connectivity index (χ1) is 12.0. The van der Waals surface area contributed by atoms with Crippen molar-refractivity contribution in [3.05, 3.63) is 29.3 Å². The smallest absolute Gasteiger partial charge is 0.416 e. The molecule has 2 rings (SSSR count). The summed E-state index contributed by atoms with van der Waals surface area (Å²) in [5, 5.41) is 11.3. The van der Waals surface area contributed by atoms with Crippen molar-refractivity contribution in [1.82, 2.24) is 4.90 Å². The first-order valence-corrected chi connectivity index (χ1v) is 8.02. The van der Waals surface area contributed by atoms with Crippen LogP contribution in [0.5, 0.6) is 0 Å². The van der Waals surface area contributed by atoms with E-state index < -0.39 is 35.4 Å². The topological polar surface area (TPSA) is 86.7 Å². The Morgan fingerprint density at radius 2 is 1.88 bits per heavy atom. The molecular weight excluding hydrogens is 353 g/mol. The van der Waals surface area contributed by atoms with Crippen molar-refractivity contribution < 1.29 is 32.7 Å². The summed E-state index contributed by atoms with van der Waals surface area (Å²) in [6.45, 7) is 2.48. The number of carbonyl (C=O) groups is 3. The van der Waals surface area contributed by atoms with Crippen LogP contribution in [0.15, 0.2) is 18.2 Å². The lowest BCUT2D eigenvalue weighted by molar-refractivity contribution is -0.141. The molecule has 1 aliphatic carbocycles. The Kier molecular flexibility index (Phi) is 5.58. The highest BCUT2D eigenvalue weighted by Crippen LogP contribution is 2.34. The Balaban J connectivity index is 2.38. The van der Waals surface area contributed by atoms with Crippen LogP contribution < -0.4 is 5.32 Å². The van der Waals surface area contributed by atoms with E-state index in [1.165, 1.54) is 17.9 Å². The second-order valence-electron chi connectivity index (χ2n) is 6.41. The lowest BCUT2D eigenvalue weighted by Gasteiger charge is -2.25. The number of halogens is 3. The van der Waals surface area contributed by atoms with Gasteiger partial charge in [0.05, 0.1) is 11.5 Å². The van der Waals surface area contributed by atoms with Gasteiger partial charge in [0.15, 0.2) is 0 Å². The van der Waals surface area contributed by atoms with Crippen LogP contribution >= 0.6 is 0 Å². The van der Waals surface area contributed by atoms with Crippen molar-refractivity contribution in [3.8, 4) is 0 Å². The number of aliphatic carboxylic acids is 1. The third-order valence-corrected chi connectivity index (χ3v) is 3.97. The minimum Gasteiger partial charge on any atom is -0.481 e. The number of carbonyl (C=O) groups excluding carboxylic acids is 2. The van der Waals surface area contributed by atoms with Gasteiger partial charge in [0.1, 0.15) is 0 Å². The highest BCUT2D eigenvalue weighted by Gasteiger charge is 2.37. The van der Waals surface area contributed by atoms with Gasteiger partial charge in [-0.1, -0.05) is 6.92 Å². The van der Waals surface area contributed by atoms with Crippen molar-refractivity contribution in [2.45, 2.75) is 38.9 Å². The number of amides is 2. The molecule has 1 fully saturated rings. The maximum atomic E-state index is 13.1. The minimum absolute atomic E-state index is 0.0927. The van der Waals surface area contributed by atoms with E-state index in [9.17, 15) is 27.6 Å². The zero-order valence-electron chi connectivity index (χ0n) is 14.3. The van der Waals surface area contributed by atoms with Crippen molar-refractivity contribution in [3.63, 3.8) is 0 Å². The van der Waals surface area contributed by atoms with E-state index in [1.54, 1.807) is 0 Å². The van der Waals surface area contributed by atoms with Gasteiger partial charge in [-0.15, -0.1) is 0 Å². The van der Waals surface area contributed by atoms with E-state index in [4.69, 9.17) is 5.11 Å². The molecule has 0 aromatic heterocycles. The molecule has 1 aliphatic rings. The summed E-state index contributed by atoms with van der Waals surface area (Å²) in [6, 6.07) is 2.45. The molecule has 1 atom stereocenters. The molecule has 9 heteroatoms. The molecule has 0 spiro atoms. The molecule has 1 aromatic carbocycles. The molecule has 1 unspecified atom stereocenters. The van der Waals surface area contributed by atoms with Crippen LogP contribution in [0.4, 0.5) is 18.9 Å². The van der Waals surface area contributed by atoms with Gasteiger partial charge in [0, 0.05) is 30.8 Å².